The first-order chi connectivity index (χ1) is 13.5. The summed E-state index contributed by atoms with van der Waals surface area (Å²) in [6.45, 7) is 8.69. The van der Waals surface area contributed by atoms with E-state index in [1.54, 1.807) is 0 Å². The van der Waals surface area contributed by atoms with Gasteiger partial charge in [0.1, 0.15) is 0 Å². The van der Waals surface area contributed by atoms with Crippen molar-refractivity contribution in [3.63, 3.8) is 0 Å². The number of aryl methyl sites for hydroxylation is 1. The molecule has 1 unspecified atom stereocenters. The summed E-state index contributed by atoms with van der Waals surface area (Å²) in [6, 6.07) is 4.13. The number of rotatable bonds is 2. The molecule has 1 aliphatic carbocycles. The van der Waals surface area contributed by atoms with Gasteiger partial charge >= 0.3 is 6.18 Å². The molecule has 1 saturated heterocycles. The van der Waals surface area contributed by atoms with Crippen LogP contribution in [0.3, 0.4) is 0 Å². The molecule has 3 heterocycles. The Morgan fingerprint density at radius 1 is 1.10 bits per heavy atom. The number of likely N-dealkylation sites (tertiary alicyclic amines) is 1. The lowest BCUT2D eigenvalue weighted by Crippen LogP contribution is -2.42. The van der Waals surface area contributed by atoms with E-state index in [1.165, 1.54) is 5.69 Å². The number of fused-ring (bicyclic) bond motifs is 1. The maximum Gasteiger partial charge on any atom is 0.391 e. The van der Waals surface area contributed by atoms with Gasteiger partial charge in [-0.05, 0) is 64.1 Å². The van der Waals surface area contributed by atoms with Gasteiger partial charge in [0.05, 0.1) is 17.3 Å². The summed E-state index contributed by atoms with van der Waals surface area (Å²) >= 11 is 0. The van der Waals surface area contributed by atoms with Crippen molar-refractivity contribution in [2.24, 2.45) is 11.3 Å². The summed E-state index contributed by atoms with van der Waals surface area (Å²) in [5, 5.41) is 4.88. The van der Waals surface area contributed by atoms with E-state index in [-0.39, 0.29) is 24.2 Å². The van der Waals surface area contributed by atoms with Gasteiger partial charge in [0, 0.05) is 30.1 Å². The number of piperidine rings is 1. The third kappa shape index (κ3) is 4.03. The monoisotopic (exact) mass is 408 g/mol. The Balaban J connectivity index is 1.66. The van der Waals surface area contributed by atoms with Crippen molar-refractivity contribution < 1.29 is 13.2 Å². The molecule has 0 N–H and O–H groups in total. The SMILES string of the molecule is Cc1cc(C2CN(C)CCC2(C)C)n2nc([C@H]3CC[C@H](C(F)(F)F)CC3)cc2n1. The Labute approximate surface area is 170 Å². The molecular weight excluding hydrogens is 377 g/mol. The van der Waals surface area contributed by atoms with Gasteiger partial charge in [-0.2, -0.15) is 18.3 Å². The lowest BCUT2D eigenvalue weighted by molar-refractivity contribution is -0.182. The molecule has 0 radical (unpaired) electrons. The highest BCUT2D eigenvalue weighted by atomic mass is 19.4. The molecule has 1 atom stereocenters. The lowest BCUT2D eigenvalue weighted by atomic mass is 9.71. The van der Waals surface area contributed by atoms with E-state index in [4.69, 9.17) is 5.10 Å². The molecule has 2 fully saturated rings. The zero-order chi connectivity index (χ0) is 21.0. The second-order valence-electron chi connectivity index (χ2n) is 9.81. The van der Waals surface area contributed by atoms with Crippen LogP contribution in [0.4, 0.5) is 13.2 Å². The Hall–Kier alpha value is -1.63. The summed E-state index contributed by atoms with van der Waals surface area (Å²) in [7, 11) is 2.15. The highest BCUT2D eigenvalue weighted by Crippen LogP contribution is 2.44. The van der Waals surface area contributed by atoms with Crippen LogP contribution in [0, 0.1) is 18.3 Å². The van der Waals surface area contributed by atoms with Gasteiger partial charge in [-0.1, -0.05) is 13.8 Å². The number of halogens is 3. The first kappa shape index (κ1) is 20.6. The van der Waals surface area contributed by atoms with E-state index in [9.17, 15) is 13.2 Å². The smallest absolute Gasteiger partial charge is 0.306 e. The molecule has 0 aromatic carbocycles. The third-order valence-electron chi connectivity index (χ3n) is 7.14. The average molecular weight is 409 g/mol. The summed E-state index contributed by atoms with van der Waals surface area (Å²) < 4.78 is 41.0. The molecule has 2 aromatic rings. The molecule has 160 valence electrons. The molecule has 4 nitrogen and oxygen atoms in total. The normalized spacial score (nSPS) is 28.7. The highest BCUT2D eigenvalue weighted by Gasteiger charge is 2.42. The van der Waals surface area contributed by atoms with Crippen LogP contribution in [0.25, 0.3) is 5.65 Å². The van der Waals surface area contributed by atoms with Crippen molar-refractivity contribution >= 4 is 5.65 Å². The average Bonchev–Trinajstić information content (AvgIpc) is 3.06. The van der Waals surface area contributed by atoms with Gasteiger partial charge < -0.3 is 4.90 Å². The summed E-state index contributed by atoms with van der Waals surface area (Å²) in [6.07, 6.45) is -1.48. The van der Waals surface area contributed by atoms with Crippen LogP contribution in [0.5, 0.6) is 0 Å². The summed E-state index contributed by atoms with van der Waals surface area (Å²) in [4.78, 5) is 7.04. The largest absolute Gasteiger partial charge is 0.391 e. The molecule has 1 aliphatic heterocycles. The second-order valence-corrected chi connectivity index (χ2v) is 9.81. The molecule has 0 bridgehead atoms. The quantitative estimate of drug-likeness (QED) is 0.674. The minimum absolute atomic E-state index is 0.0884. The van der Waals surface area contributed by atoms with E-state index >= 15 is 0 Å². The van der Waals surface area contributed by atoms with Gasteiger partial charge in [-0.3, -0.25) is 0 Å². The molecule has 2 aliphatic rings. The minimum Gasteiger partial charge on any atom is -0.306 e. The van der Waals surface area contributed by atoms with Crippen LogP contribution >= 0.6 is 0 Å². The van der Waals surface area contributed by atoms with E-state index in [1.807, 2.05) is 17.5 Å². The van der Waals surface area contributed by atoms with Crippen molar-refractivity contribution in [1.82, 2.24) is 19.5 Å². The molecule has 7 heteroatoms. The Morgan fingerprint density at radius 3 is 2.45 bits per heavy atom. The molecule has 4 rings (SSSR count). The fraction of sp³-hybridized carbons (Fsp3) is 0.727. The molecule has 1 saturated carbocycles. The third-order valence-corrected chi connectivity index (χ3v) is 7.14. The first-order valence-electron chi connectivity index (χ1n) is 10.7. The van der Waals surface area contributed by atoms with Gasteiger partial charge in [-0.15, -0.1) is 0 Å². The van der Waals surface area contributed by atoms with Crippen LogP contribution in [-0.4, -0.2) is 45.8 Å². The predicted molar refractivity (Wildman–Crippen MR) is 107 cm³/mol. The summed E-state index contributed by atoms with van der Waals surface area (Å²) in [5.74, 6) is -0.741. The molecule has 2 aromatic heterocycles. The van der Waals surface area contributed by atoms with Gasteiger partial charge in [0.25, 0.3) is 0 Å². The molecule has 0 amide bonds. The Bertz CT molecular complexity index is 878. The minimum atomic E-state index is -4.08. The fourth-order valence-electron chi connectivity index (χ4n) is 5.11. The van der Waals surface area contributed by atoms with Gasteiger partial charge in [-0.25, -0.2) is 9.50 Å². The predicted octanol–water partition coefficient (Wildman–Crippen LogP) is 5.32. The van der Waals surface area contributed by atoms with Crippen molar-refractivity contribution in [2.75, 3.05) is 20.1 Å². The maximum atomic E-state index is 13.0. The topological polar surface area (TPSA) is 33.4 Å². The van der Waals surface area contributed by atoms with Gasteiger partial charge in [0.15, 0.2) is 5.65 Å². The number of aromatic nitrogens is 3. The molecule has 29 heavy (non-hydrogen) atoms. The first-order valence-corrected chi connectivity index (χ1v) is 10.7. The van der Waals surface area contributed by atoms with Crippen molar-refractivity contribution in [2.45, 2.75) is 70.9 Å². The Morgan fingerprint density at radius 2 is 1.79 bits per heavy atom. The molecule has 0 spiro atoms. The van der Waals surface area contributed by atoms with Crippen molar-refractivity contribution in [1.29, 1.82) is 0 Å². The van der Waals surface area contributed by atoms with Gasteiger partial charge in [0.2, 0.25) is 0 Å². The van der Waals surface area contributed by atoms with E-state index in [2.05, 4.69) is 36.8 Å². The van der Waals surface area contributed by atoms with Crippen molar-refractivity contribution in [3.8, 4) is 0 Å². The van der Waals surface area contributed by atoms with E-state index in [0.29, 0.717) is 18.8 Å². The van der Waals surface area contributed by atoms with Crippen LogP contribution in [0.2, 0.25) is 0 Å². The number of likely N-dealkylation sites (N-methyl/N-ethyl adjacent to an activating group) is 1. The van der Waals surface area contributed by atoms with Crippen molar-refractivity contribution in [3.05, 3.63) is 29.2 Å². The van der Waals surface area contributed by atoms with Crippen LogP contribution in [0.15, 0.2) is 12.1 Å². The number of nitrogens with zero attached hydrogens (tertiary/aromatic N) is 4. The molecular formula is C22H31F3N4. The Kier molecular flexibility index (Phi) is 5.16. The number of hydrogen-bond donors (Lipinski definition) is 0. The zero-order valence-corrected chi connectivity index (χ0v) is 17.8. The number of hydrogen-bond acceptors (Lipinski definition) is 3. The standard InChI is InChI=1S/C22H31F3N4/c1-14-11-19(17-13-28(4)10-9-21(17,2)3)29-20(26-14)12-18(27-29)15-5-7-16(8-6-15)22(23,24)25/h11-12,15-17H,5-10,13H2,1-4H3/t15-,16-,17?. The van der Waals surface area contributed by atoms with E-state index in [0.717, 1.165) is 36.5 Å². The summed E-state index contributed by atoms with van der Waals surface area (Å²) in [5.41, 5.74) is 4.00. The van der Waals surface area contributed by atoms with E-state index < -0.39 is 12.1 Å². The fourth-order valence-corrected chi connectivity index (χ4v) is 5.11. The lowest BCUT2D eigenvalue weighted by Gasteiger charge is -2.42. The number of alkyl halides is 3. The van der Waals surface area contributed by atoms with Crippen LogP contribution < -0.4 is 0 Å². The second kappa shape index (κ2) is 7.25. The maximum absolute atomic E-state index is 13.0. The zero-order valence-electron chi connectivity index (χ0n) is 17.8. The van der Waals surface area contributed by atoms with Crippen LogP contribution in [-0.2, 0) is 0 Å². The van der Waals surface area contributed by atoms with Crippen LogP contribution in [0.1, 0.15) is 74.9 Å². The highest BCUT2D eigenvalue weighted by molar-refractivity contribution is 5.43.